The molecule has 0 radical (unpaired) electrons. The first kappa shape index (κ1) is 20.3. The van der Waals surface area contributed by atoms with Crippen LogP contribution in [-0.4, -0.2) is 23.6 Å². The molecule has 0 aromatic rings. The van der Waals surface area contributed by atoms with Crippen molar-refractivity contribution in [3.8, 4) is 0 Å². The first-order valence-corrected chi connectivity index (χ1v) is 9.40. The molecule has 0 spiro atoms. The average Bonchev–Trinajstić information content (AvgIpc) is 2.84. The molecule has 6 atom stereocenters. The summed E-state index contributed by atoms with van der Waals surface area (Å²) in [5.41, 5.74) is 1.72. The van der Waals surface area contributed by atoms with Gasteiger partial charge in [0.05, 0.1) is 0 Å². The van der Waals surface area contributed by atoms with Gasteiger partial charge in [-0.05, 0) is 24.8 Å². The van der Waals surface area contributed by atoms with E-state index in [1.807, 2.05) is 45.9 Å². The molecule has 0 N–H and O–H groups in total. The molecule has 0 aromatic heterocycles. The molecule has 26 heavy (non-hydrogen) atoms. The molecule has 0 heterocycles. The maximum atomic E-state index is 13.1. The lowest BCUT2D eigenvalue weighted by Gasteiger charge is -2.20. The van der Waals surface area contributed by atoms with Gasteiger partial charge in [-0.2, -0.15) is 0 Å². The minimum Gasteiger partial charge on any atom is -0.458 e. The number of carbonyl (C=O) groups is 3. The van der Waals surface area contributed by atoms with E-state index >= 15 is 0 Å². The van der Waals surface area contributed by atoms with E-state index in [0.29, 0.717) is 12.8 Å². The number of ether oxygens (including phenoxy) is 1. The number of hydrogen-bond acceptors (Lipinski definition) is 4. The summed E-state index contributed by atoms with van der Waals surface area (Å²) in [6.45, 7) is 13.0. The molecule has 1 saturated carbocycles. The van der Waals surface area contributed by atoms with Crippen molar-refractivity contribution in [3.63, 3.8) is 0 Å². The second-order valence-corrected chi connectivity index (χ2v) is 7.95. The quantitative estimate of drug-likeness (QED) is 0.552. The Hall–Kier alpha value is -1.97. The van der Waals surface area contributed by atoms with Gasteiger partial charge in [0.2, 0.25) is 0 Å². The van der Waals surface area contributed by atoms with Gasteiger partial charge in [0.1, 0.15) is 17.7 Å². The number of esters is 1. The molecule has 142 valence electrons. The van der Waals surface area contributed by atoms with E-state index in [9.17, 15) is 14.4 Å². The van der Waals surface area contributed by atoms with E-state index in [2.05, 4.69) is 6.58 Å². The topological polar surface area (TPSA) is 60.4 Å². The highest BCUT2D eigenvalue weighted by Gasteiger charge is 2.43. The first-order valence-electron chi connectivity index (χ1n) is 9.40. The molecule has 1 fully saturated rings. The lowest BCUT2D eigenvalue weighted by atomic mass is 9.87. The molecule has 0 aliphatic heterocycles. The van der Waals surface area contributed by atoms with Crippen molar-refractivity contribution in [2.24, 2.45) is 29.6 Å². The van der Waals surface area contributed by atoms with Gasteiger partial charge in [-0.3, -0.25) is 14.4 Å². The SMILES string of the molecule is C=C(C)[C@H]1/C=C\[C@@H](C)C(=O)[C@H]2C[C@@H](C)[C@@H](OC(C)=O)/C2=C/[C@@H](C)C(=O)C1. The van der Waals surface area contributed by atoms with Crippen LogP contribution < -0.4 is 0 Å². The molecule has 4 nitrogen and oxygen atoms in total. The fourth-order valence-corrected chi connectivity index (χ4v) is 3.92. The summed E-state index contributed by atoms with van der Waals surface area (Å²) in [6, 6.07) is 0. The number of Topliss-reactive ketones (excluding diaryl/α,β-unsaturated/α-hetero) is 2. The fourth-order valence-electron chi connectivity index (χ4n) is 3.92. The van der Waals surface area contributed by atoms with Crippen LogP contribution in [0, 0.1) is 29.6 Å². The van der Waals surface area contributed by atoms with Gasteiger partial charge in [-0.25, -0.2) is 0 Å². The fraction of sp³-hybridized carbons (Fsp3) is 0.591. The molecular formula is C22H30O4. The Morgan fingerprint density at radius 3 is 2.35 bits per heavy atom. The predicted octanol–water partition coefficient (Wildman–Crippen LogP) is 4.06. The highest BCUT2D eigenvalue weighted by molar-refractivity contribution is 5.89. The monoisotopic (exact) mass is 358 g/mol. The summed E-state index contributed by atoms with van der Waals surface area (Å²) in [5, 5.41) is 0. The van der Waals surface area contributed by atoms with E-state index in [4.69, 9.17) is 4.74 Å². The molecule has 2 aliphatic rings. The van der Waals surface area contributed by atoms with Crippen molar-refractivity contribution in [2.45, 2.75) is 53.6 Å². The maximum Gasteiger partial charge on any atom is 0.303 e. The largest absolute Gasteiger partial charge is 0.458 e. The van der Waals surface area contributed by atoms with E-state index in [1.54, 1.807) is 0 Å². The molecule has 2 rings (SSSR count). The number of fused-ring (bicyclic) bond motifs is 1. The Balaban J connectivity index is 2.47. The smallest absolute Gasteiger partial charge is 0.303 e. The standard InChI is InChI=1S/C22H30O4/c1-12(2)17-8-7-13(3)21(25)18-10-15(5)22(26-16(6)23)19(18)9-14(4)20(24)11-17/h7-9,13-15,17-18,22H,1,10-11H2,2-6H3/b8-7-,19-9+/t13-,14-,15-,17+,18+,22-/m1/s1. The van der Waals surface area contributed by atoms with Gasteiger partial charge in [-0.15, -0.1) is 0 Å². The third kappa shape index (κ3) is 4.40. The van der Waals surface area contributed by atoms with Crippen LogP contribution in [0.2, 0.25) is 0 Å². The maximum absolute atomic E-state index is 13.1. The summed E-state index contributed by atoms with van der Waals surface area (Å²) in [5.74, 6) is -1.01. The van der Waals surface area contributed by atoms with Crippen molar-refractivity contribution in [3.05, 3.63) is 36.0 Å². The van der Waals surface area contributed by atoms with E-state index < -0.39 is 6.10 Å². The number of carbonyl (C=O) groups excluding carboxylic acids is 3. The summed E-state index contributed by atoms with van der Waals surface area (Å²) >= 11 is 0. The van der Waals surface area contributed by atoms with Crippen LogP contribution in [0.4, 0.5) is 0 Å². The number of hydrogen-bond donors (Lipinski definition) is 0. The lowest BCUT2D eigenvalue weighted by molar-refractivity contribution is -0.146. The third-order valence-corrected chi connectivity index (χ3v) is 5.58. The van der Waals surface area contributed by atoms with Gasteiger partial charge >= 0.3 is 5.97 Å². The molecule has 0 bridgehead atoms. The van der Waals surface area contributed by atoms with Crippen LogP contribution in [0.3, 0.4) is 0 Å². The molecular weight excluding hydrogens is 328 g/mol. The van der Waals surface area contributed by atoms with Crippen molar-refractivity contribution >= 4 is 17.5 Å². The van der Waals surface area contributed by atoms with Crippen LogP contribution in [0.15, 0.2) is 36.0 Å². The summed E-state index contributed by atoms with van der Waals surface area (Å²) < 4.78 is 5.52. The second kappa shape index (κ2) is 8.15. The summed E-state index contributed by atoms with van der Waals surface area (Å²) in [6.07, 6.45) is 6.30. The van der Waals surface area contributed by atoms with Crippen LogP contribution in [0.25, 0.3) is 0 Å². The Kier molecular flexibility index (Phi) is 6.38. The van der Waals surface area contributed by atoms with Crippen LogP contribution in [-0.2, 0) is 19.1 Å². The molecule has 0 saturated heterocycles. The first-order chi connectivity index (χ1) is 12.1. The molecule has 4 heteroatoms. The van der Waals surface area contributed by atoms with Gasteiger partial charge in [0, 0.05) is 37.0 Å². The predicted molar refractivity (Wildman–Crippen MR) is 101 cm³/mol. The Bertz CT molecular complexity index is 670. The van der Waals surface area contributed by atoms with E-state index in [1.165, 1.54) is 6.92 Å². The average molecular weight is 358 g/mol. The van der Waals surface area contributed by atoms with Crippen molar-refractivity contribution in [1.29, 1.82) is 0 Å². The zero-order valence-corrected chi connectivity index (χ0v) is 16.5. The third-order valence-electron chi connectivity index (χ3n) is 5.58. The highest BCUT2D eigenvalue weighted by atomic mass is 16.5. The van der Waals surface area contributed by atoms with Crippen molar-refractivity contribution in [1.82, 2.24) is 0 Å². The van der Waals surface area contributed by atoms with E-state index in [0.717, 1.165) is 11.1 Å². The van der Waals surface area contributed by atoms with Gasteiger partial charge < -0.3 is 4.74 Å². The van der Waals surface area contributed by atoms with Gasteiger partial charge in [-0.1, -0.05) is 51.2 Å². The van der Waals surface area contributed by atoms with Crippen LogP contribution in [0.1, 0.15) is 47.5 Å². The minimum absolute atomic E-state index is 0.0558. The Morgan fingerprint density at radius 1 is 1.12 bits per heavy atom. The van der Waals surface area contributed by atoms with Crippen molar-refractivity contribution in [2.75, 3.05) is 0 Å². The van der Waals surface area contributed by atoms with Crippen LogP contribution >= 0.6 is 0 Å². The number of rotatable bonds is 2. The number of ketones is 2. The summed E-state index contributed by atoms with van der Waals surface area (Å²) in [4.78, 5) is 37.3. The minimum atomic E-state index is -0.425. The van der Waals surface area contributed by atoms with E-state index in [-0.39, 0.29) is 47.1 Å². The lowest BCUT2D eigenvalue weighted by Crippen LogP contribution is -2.25. The second-order valence-electron chi connectivity index (χ2n) is 7.95. The molecule has 0 amide bonds. The molecule has 2 aliphatic carbocycles. The summed E-state index contributed by atoms with van der Waals surface area (Å²) in [7, 11) is 0. The Morgan fingerprint density at radius 2 is 1.77 bits per heavy atom. The normalized spacial score (nSPS) is 38.6. The number of allylic oxidation sites excluding steroid dienone is 4. The van der Waals surface area contributed by atoms with Crippen molar-refractivity contribution < 1.29 is 19.1 Å². The zero-order chi connectivity index (χ0) is 19.6. The Labute approximate surface area is 156 Å². The molecule has 0 aromatic carbocycles. The highest BCUT2D eigenvalue weighted by Crippen LogP contribution is 2.41. The van der Waals surface area contributed by atoms with Gasteiger partial charge in [0.15, 0.2) is 0 Å². The molecule has 0 unspecified atom stereocenters. The van der Waals surface area contributed by atoms with Crippen LogP contribution in [0.5, 0.6) is 0 Å². The zero-order valence-electron chi connectivity index (χ0n) is 16.5. The van der Waals surface area contributed by atoms with Gasteiger partial charge in [0.25, 0.3) is 0 Å².